The summed E-state index contributed by atoms with van der Waals surface area (Å²) in [6.07, 6.45) is 15.2. The molecule has 1 atom stereocenters. The van der Waals surface area contributed by atoms with E-state index in [2.05, 4.69) is 13.8 Å². The molecule has 0 saturated heterocycles. The number of rotatable bonds is 18. The fraction of sp³-hybridized carbons (Fsp3) is 0.905. The minimum absolute atomic E-state index is 0.230. The summed E-state index contributed by atoms with van der Waals surface area (Å²) in [6, 6.07) is 0. The maximum absolute atomic E-state index is 11.3. The summed E-state index contributed by atoms with van der Waals surface area (Å²) in [5.74, 6) is 0. The second-order valence-corrected chi connectivity index (χ2v) is 8.74. The van der Waals surface area contributed by atoms with Gasteiger partial charge in [0.15, 0.2) is 5.60 Å². The number of hydrogen-bond donors (Lipinski definition) is 4. The SMILES string of the molecule is CCCCCCCCCC(O)(CCCCCCCC)C(O)(C(N)=S)C(N)=S. The largest absolute Gasteiger partial charge is 0.390 e. The number of hydrogen-bond acceptors (Lipinski definition) is 4. The molecule has 0 aliphatic carbocycles. The molecule has 0 aliphatic heterocycles. The molecule has 0 saturated carbocycles. The molecule has 0 rings (SSSR count). The van der Waals surface area contributed by atoms with Crippen molar-refractivity contribution in [2.75, 3.05) is 0 Å². The van der Waals surface area contributed by atoms with Gasteiger partial charge in [-0.3, -0.25) is 0 Å². The van der Waals surface area contributed by atoms with Gasteiger partial charge in [0.25, 0.3) is 0 Å². The van der Waals surface area contributed by atoms with Crippen LogP contribution < -0.4 is 11.5 Å². The first-order valence-corrected chi connectivity index (χ1v) is 11.6. The Morgan fingerprint density at radius 1 is 0.630 bits per heavy atom. The molecule has 0 fully saturated rings. The van der Waals surface area contributed by atoms with Crippen molar-refractivity contribution in [2.45, 2.75) is 121 Å². The molecule has 160 valence electrons. The number of thiocarbonyl (C=S) groups is 2. The lowest BCUT2D eigenvalue weighted by atomic mass is 9.75. The lowest BCUT2D eigenvalue weighted by Crippen LogP contribution is -2.67. The lowest BCUT2D eigenvalue weighted by molar-refractivity contribution is -0.0865. The van der Waals surface area contributed by atoms with Gasteiger partial charge in [-0.15, -0.1) is 0 Å². The Morgan fingerprint density at radius 3 is 1.22 bits per heavy atom. The van der Waals surface area contributed by atoms with E-state index >= 15 is 0 Å². The lowest BCUT2D eigenvalue weighted by Gasteiger charge is -2.42. The van der Waals surface area contributed by atoms with E-state index in [0.717, 1.165) is 38.5 Å². The summed E-state index contributed by atoms with van der Waals surface area (Å²) in [4.78, 5) is -0.460. The van der Waals surface area contributed by atoms with Crippen LogP contribution in [0.1, 0.15) is 110 Å². The Hall–Kier alpha value is -0.300. The average molecular weight is 419 g/mol. The molecule has 0 bridgehead atoms. The van der Waals surface area contributed by atoms with E-state index in [1.807, 2.05) is 0 Å². The molecule has 0 aliphatic rings. The molecule has 4 nitrogen and oxygen atoms in total. The van der Waals surface area contributed by atoms with E-state index in [4.69, 9.17) is 35.9 Å². The van der Waals surface area contributed by atoms with Crippen LogP contribution in [0.15, 0.2) is 0 Å². The first-order chi connectivity index (χ1) is 12.8. The van der Waals surface area contributed by atoms with Crippen LogP contribution in [0.25, 0.3) is 0 Å². The van der Waals surface area contributed by atoms with Crippen molar-refractivity contribution in [2.24, 2.45) is 11.5 Å². The summed E-state index contributed by atoms with van der Waals surface area (Å²) < 4.78 is 0. The van der Waals surface area contributed by atoms with Gasteiger partial charge < -0.3 is 21.7 Å². The minimum atomic E-state index is -1.98. The standard InChI is InChI=1S/C21H42N2O2S2/c1-3-5-7-9-11-13-15-17-20(24,16-14-12-10-8-6-4-2)21(25,18(22)26)19(23)27/h24-25H,3-17H2,1-2H3,(H2,22,26)(H2,23,27). The number of aliphatic hydroxyl groups is 2. The van der Waals surface area contributed by atoms with Gasteiger partial charge in [-0.1, -0.05) is 122 Å². The van der Waals surface area contributed by atoms with E-state index in [0.29, 0.717) is 12.8 Å². The Bertz CT molecular complexity index is 418. The zero-order chi connectivity index (χ0) is 20.8. The third-order valence-corrected chi connectivity index (χ3v) is 6.12. The molecular formula is C21H42N2O2S2. The smallest absolute Gasteiger partial charge is 0.192 e. The van der Waals surface area contributed by atoms with Crippen LogP contribution in [0, 0.1) is 0 Å². The van der Waals surface area contributed by atoms with E-state index < -0.39 is 11.2 Å². The summed E-state index contributed by atoms with van der Waals surface area (Å²) in [6.45, 7) is 4.39. The molecule has 0 radical (unpaired) electrons. The Morgan fingerprint density at radius 2 is 0.926 bits per heavy atom. The van der Waals surface area contributed by atoms with Crippen molar-refractivity contribution >= 4 is 34.4 Å². The van der Waals surface area contributed by atoms with Gasteiger partial charge in [0.1, 0.15) is 15.6 Å². The van der Waals surface area contributed by atoms with Gasteiger partial charge in [-0.2, -0.15) is 0 Å². The van der Waals surface area contributed by atoms with Crippen LogP contribution >= 0.6 is 24.4 Å². The highest BCUT2D eigenvalue weighted by molar-refractivity contribution is 7.82. The zero-order valence-electron chi connectivity index (χ0n) is 17.5. The molecule has 0 spiro atoms. The predicted octanol–water partition coefficient (Wildman–Crippen LogP) is 4.91. The third-order valence-electron chi connectivity index (χ3n) is 5.52. The minimum Gasteiger partial charge on any atom is -0.390 e. The van der Waals surface area contributed by atoms with Crippen molar-refractivity contribution in [3.63, 3.8) is 0 Å². The third kappa shape index (κ3) is 9.16. The second kappa shape index (κ2) is 14.7. The van der Waals surface area contributed by atoms with Crippen molar-refractivity contribution in [3.8, 4) is 0 Å². The highest BCUT2D eigenvalue weighted by Crippen LogP contribution is 2.34. The quantitative estimate of drug-likeness (QED) is 0.187. The zero-order valence-corrected chi connectivity index (χ0v) is 19.1. The first kappa shape index (κ1) is 26.7. The normalized spacial score (nSPS) is 14.1. The van der Waals surface area contributed by atoms with E-state index in [9.17, 15) is 10.2 Å². The van der Waals surface area contributed by atoms with Crippen molar-refractivity contribution < 1.29 is 10.2 Å². The van der Waals surface area contributed by atoms with Crippen molar-refractivity contribution in [1.29, 1.82) is 0 Å². The molecule has 27 heavy (non-hydrogen) atoms. The Balaban J connectivity index is 4.78. The molecular weight excluding hydrogens is 376 g/mol. The van der Waals surface area contributed by atoms with E-state index in [-0.39, 0.29) is 9.98 Å². The van der Waals surface area contributed by atoms with E-state index in [1.165, 1.54) is 44.9 Å². The summed E-state index contributed by atoms with van der Waals surface area (Å²) in [5.41, 5.74) is 8.06. The average Bonchev–Trinajstić information content (AvgIpc) is 2.62. The molecule has 0 aromatic carbocycles. The van der Waals surface area contributed by atoms with Crippen LogP contribution in [0.4, 0.5) is 0 Å². The van der Waals surface area contributed by atoms with Crippen molar-refractivity contribution in [1.82, 2.24) is 0 Å². The maximum atomic E-state index is 11.3. The highest BCUT2D eigenvalue weighted by Gasteiger charge is 2.53. The topological polar surface area (TPSA) is 92.5 Å². The van der Waals surface area contributed by atoms with Crippen LogP contribution in [0.5, 0.6) is 0 Å². The molecule has 0 heterocycles. The highest BCUT2D eigenvalue weighted by atomic mass is 32.1. The van der Waals surface area contributed by atoms with Gasteiger partial charge in [0, 0.05) is 0 Å². The Labute approximate surface area is 177 Å². The molecule has 0 aromatic heterocycles. The fourth-order valence-corrected chi connectivity index (χ4v) is 4.30. The van der Waals surface area contributed by atoms with Crippen LogP contribution in [-0.2, 0) is 0 Å². The summed E-state index contributed by atoms with van der Waals surface area (Å²) >= 11 is 10.1. The van der Waals surface area contributed by atoms with Crippen LogP contribution in [-0.4, -0.2) is 31.4 Å². The monoisotopic (exact) mass is 418 g/mol. The predicted molar refractivity (Wildman–Crippen MR) is 124 cm³/mol. The van der Waals surface area contributed by atoms with Gasteiger partial charge in [0.05, 0.1) is 0 Å². The van der Waals surface area contributed by atoms with E-state index in [1.54, 1.807) is 0 Å². The second-order valence-electron chi connectivity index (χ2n) is 7.86. The maximum Gasteiger partial charge on any atom is 0.192 e. The summed E-state index contributed by atoms with van der Waals surface area (Å²) in [5, 5.41) is 22.3. The van der Waals surface area contributed by atoms with Gasteiger partial charge in [-0.05, 0) is 12.8 Å². The fourth-order valence-electron chi connectivity index (χ4n) is 3.64. The molecule has 0 aromatic rings. The molecule has 6 heteroatoms. The van der Waals surface area contributed by atoms with Gasteiger partial charge >= 0.3 is 0 Å². The summed E-state index contributed by atoms with van der Waals surface area (Å²) in [7, 11) is 0. The number of nitrogens with two attached hydrogens (primary N) is 2. The molecule has 0 amide bonds. The number of unbranched alkanes of at least 4 members (excludes halogenated alkanes) is 11. The molecule has 6 N–H and O–H groups in total. The van der Waals surface area contributed by atoms with Gasteiger partial charge in [0.2, 0.25) is 0 Å². The Kier molecular flexibility index (Phi) is 14.5. The van der Waals surface area contributed by atoms with Gasteiger partial charge in [-0.25, -0.2) is 0 Å². The van der Waals surface area contributed by atoms with Crippen LogP contribution in [0.3, 0.4) is 0 Å². The van der Waals surface area contributed by atoms with Crippen molar-refractivity contribution in [3.05, 3.63) is 0 Å². The molecule has 1 unspecified atom stereocenters. The first-order valence-electron chi connectivity index (χ1n) is 10.8. The van der Waals surface area contributed by atoms with Crippen LogP contribution in [0.2, 0.25) is 0 Å².